The summed E-state index contributed by atoms with van der Waals surface area (Å²) >= 11 is 0. The van der Waals surface area contributed by atoms with Crippen molar-refractivity contribution in [3.8, 4) is 5.75 Å². The Morgan fingerprint density at radius 2 is 1.76 bits per heavy atom. The van der Waals surface area contributed by atoms with Gasteiger partial charge in [-0.25, -0.2) is 0 Å². The first-order valence-corrected chi connectivity index (χ1v) is 10.7. The fourth-order valence-electron chi connectivity index (χ4n) is 4.32. The Hall–Kier alpha value is -2.53. The summed E-state index contributed by atoms with van der Waals surface area (Å²) in [4.78, 5) is 15.3. The average Bonchev–Trinajstić information content (AvgIpc) is 2.79. The van der Waals surface area contributed by atoms with Crippen LogP contribution in [0, 0.1) is 0 Å². The second-order valence-corrected chi connectivity index (χ2v) is 7.91. The summed E-state index contributed by atoms with van der Waals surface area (Å²) in [7, 11) is 0. The summed E-state index contributed by atoms with van der Waals surface area (Å²) in [5.74, 6) is 0.844. The van der Waals surface area contributed by atoms with Crippen LogP contribution < -0.4 is 15.0 Å². The minimum Gasteiger partial charge on any atom is -0.487 e. The third-order valence-corrected chi connectivity index (χ3v) is 6.30. The van der Waals surface area contributed by atoms with E-state index < -0.39 is 0 Å². The van der Waals surface area contributed by atoms with E-state index in [0.717, 1.165) is 62.6 Å². The molecular formula is C24H30N2O3. The summed E-state index contributed by atoms with van der Waals surface area (Å²) in [6, 6.07) is 15.9. The minimum atomic E-state index is -0.230. The number of morpholine rings is 1. The van der Waals surface area contributed by atoms with Gasteiger partial charge in [0.15, 0.2) is 0 Å². The second-order valence-electron chi connectivity index (χ2n) is 7.91. The van der Waals surface area contributed by atoms with Crippen LogP contribution in [0.25, 0.3) is 0 Å². The molecule has 0 aromatic heterocycles. The second kappa shape index (κ2) is 8.46. The molecule has 5 heteroatoms. The smallest absolute Gasteiger partial charge is 0.251 e. The Bertz CT molecular complexity index is 839. The fourth-order valence-corrected chi connectivity index (χ4v) is 4.32. The van der Waals surface area contributed by atoms with Crippen molar-refractivity contribution in [3.05, 3.63) is 59.7 Å². The average molecular weight is 395 g/mol. The van der Waals surface area contributed by atoms with Gasteiger partial charge in [0.25, 0.3) is 5.91 Å². The number of rotatable bonds is 5. The first-order chi connectivity index (χ1) is 14.1. The van der Waals surface area contributed by atoms with E-state index in [9.17, 15) is 4.79 Å². The van der Waals surface area contributed by atoms with Gasteiger partial charge in [0, 0.05) is 36.3 Å². The number of hydrogen-bond donors (Lipinski definition) is 1. The molecule has 0 saturated carbocycles. The van der Waals surface area contributed by atoms with Crippen LogP contribution in [0.2, 0.25) is 0 Å². The first kappa shape index (κ1) is 19.8. The molecule has 0 unspecified atom stereocenters. The van der Waals surface area contributed by atoms with Gasteiger partial charge < -0.3 is 19.7 Å². The van der Waals surface area contributed by atoms with Crippen molar-refractivity contribution in [2.24, 2.45) is 0 Å². The maximum absolute atomic E-state index is 13.0. The van der Waals surface area contributed by atoms with Crippen LogP contribution in [0.1, 0.15) is 55.1 Å². The van der Waals surface area contributed by atoms with Crippen LogP contribution in [-0.4, -0.2) is 37.8 Å². The third kappa shape index (κ3) is 4.10. The van der Waals surface area contributed by atoms with Crippen molar-refractivity contribution in [2.45, 2.75) is 44.8 Å². The maximum Gasteiger partial charge on any atom is 0.251 e. The quantitative estimate of drug-likeness (QED) is 0.820. The van der Waals surface area contributed by atoms with Gasteiger partial charge >= 0.3 is 0 Å². The molecule has 1 atom stereocenters. The maximum atomic E-state index is 13.0. The topological polar surface area (TPSA) is 50.8 Å². The van der Waals surface area contributed by atoms with Crippen molar-refractivity contribution in [3.63, 3.8) is 0 Å². The van der Waals surface area contributed by atoms with E-state index in [1.54, 1.807) is 0 Å². The summed E-state index contributed by atoms with van der Waals surface area (Å²) in [6.07, 6.45) is 2.62. The number of benzene rings is 2. The van der Waals surface area contributed by atoms with Crippen LogP contribution in [0.15, 0.2) is 48.5 Å². The number of fused-ring (bicyclic) bond motifs is 1. The molecule has 1 amide bonds. The van der Waals surface area contributed by atoms with Crippen LogP contribution in [-0.2, 0) is 4.74 Å². The van der Waals surface area contributed by atoms with Gasteiger partial charge in [0.1, 0.15) is 11.4 Å². The molecule has 2 heterocycles. The molecule has 2 aliphatic rings. The predicted octanol–water partition coefficient (Wildman–Crippen LogP) is 4.34. The van der Waals surface area contributed by atoms with Crippen molar-refractivity contribution in [2.75, 3.05) is 31.2 Å². The Labute approximate surface area is 173 Å². The molecule has 1 N–H and O–H groups in total. The third-order valence-electron chi connectivity index (χ3n) is 6.30. The van der Waals surface area contributed by atoms with Crippen LogP contribution in [0.3, 0.4) is 0 Å². The van der Waals surface area contributed by atoms with E-state index in [-0.39, 0.29) is 17.6 Å². The first-order valence-electron chi connectivity index (χ1n) is 10.7. The normalized spacial score (nSPS) is 20.5. The van der Waals surface area contributed by atoms with Gasteiger partial charge in [0.05, 0.1) is 19.3 Å². The molecule has 0 spiro atoms. The molecule has 29 heavy (non-hydrogen) atoms. The molecule has 1 fully saturated rings. The minimum absolute atomic E-state index is 0.0404. The molecule has 4 rings (SSSR count). The molecule has 2 aromatic carbocycles. The van der Waals surface area contributed by atoms with Gasteiger partial charge in [0.2, 0.25) is 0 Å². The Balaban J connectivity index is 1.51. The lowest BCUT2D eigenvalue weighted by Gasteiger charge is -2.41. The molecule has 0 bridgehead atoms. The highest BCUT2D eigenvalue weighted by atomic mass is 16.5. The van der Waals surface area contributed by atoms with Crippen molar-refractivity contribution in [1.82, 2.24) is 5.32 Å². The Morgan fingerprint density at radius 1 is 1.07 bits per heavy atom. The summed E-state index contributed by atoms with van der Waals surface area (Å²) in [6.45, 7) is 7.59. The number of para-hydroxylation sites is 1. The van der Waals surface area contributed by atoms with Crippen LogP contribution in [0.5, 0.6) is 5.75 Å². The monoisotopic (exact) mass is 394 g/mol. The molecular weight excluding hydrogens is 364 g/mol. The van der Waals surface area contributed by atoms with Crippen molar-refractivity contribution >= 4 is 11.6 Å². The Morgan fingerprint density at radius 3 is 2.45 bits per heavy atom. The Kier molecular flexibility index (Phi) is 5.76. The summed E-state index contributed by atoms with van der Waals surface area (Å²) in [5, 5.41) is 3.26. The van der Waals surface area contributed by atoms with Gasteiger partial charge in [-0.3, -0.25) is 4.79 Å². The van der Waals surface area contributed by atoms with Gasteiger partial charge in [-0.15, -0.1) is 0 Å². The molecule has 5 nitrogen and oxygen atoms in total. The molecule has 2 aromatic rings. The van der Waals surface area contributed by atoms with E-state index >= 15 is 0 Å². The zero-order valence-corrected chi connectivity index (χ0v) is 17.3. The van der Waals surface area contributed by atoms with Crippen LogP contribution in [0.4, 0.5) is 5.69 Å². The van der Waals surface area contributed by atoms with Crippen molar-refractivity contribution < 1.29 is 14.3 Å². The number of hydrogen-bond acceptors (Lipinski definition) is 4. The predicted molar refractivity (Wildman–Crippen MR) is 115 cm³/mol. The molecule has 0 aliphatic carbocycles. The van der Waals surface area contributed by atoms with E-state index in [4.69, 9.17) is 9.47 Å². The van der Waals surface area contributed by atoms with Crippen LogP contribution >= 0.6 is 0 Å². The van der Waals surface area contributed by atoms with E-state index in [1.807, 2.05) is 42.5 Å². The van der Waals surface area contributed by atoms with E-state index in [0.29, 0.717) is 5.56 Å². The summed E-state index contributed by atoms with van der Waals surface area (Å²) < 4.78 is 11.8. The number of carbonyl (C=O) groups excluding carboxylic acids is 1. The molecule has 1 saturated heterocycles. The zero-order valence-electron chi connectivity index (χ0n) is 17.3. The van der Waals surface area contributed by atoms with E-state index in [2.05, 4.69) is 30.1 Å². The van der Waals surface area contributed by atoms with Gasteiger partial charge in [-0.2, -0.15) is 0 Å². The molecule has 0 radical (unpaired) electrons. The standard InChI is InChI=1S/C24H30N2O3/c1-3-24(4-2)17-21(20-7-5-6-8-22(20)29-24)25-23(27)18-9-11-19(12-10-18)26-13-15-28-16-14-26/h5-12,21H,3-4,13-17H2,1-2H3,(H,25,27)/t21-/m0/s1. The number of nitrogens with one attached hydrogen (secondary N) is 1. The zero-order chi connectivity index (χ0) is 20.3. The highest BCUT2D eigenvalue weighted by Crippen LogP contribution is 2.42. The van der Waals surface area contributed by atoms with Gasteiger partial charge in [-0.1, -0.05) is 32.0 Å². The number of carbonyl (C=O) groups is 1. The molecule has 154 valence electrons. The highest BCUT2D eigenvalue weighted by Gasteiger charge is 2.39. The lowest BCUT2D eigenvalue weighted by Crippen LogP contribution is -2.44. The number of anilines is 1. The summed E-state index contributed by atoms with van der Waals surface area (Å²) in [5.41, 5.74) is 2.65. The molecule has 2 aliphatic heterocycles. The fraction of sp³-hybridized carbons (Fsp3) is 0.458. The van der Waals surface area contributed by atoms with Gasteiger partial charge in [-0.05, 0) is 43.2 Å². The number of ether oxygens (including phenoxy) is 2. The lowest BCUT2D eigenvalue weighted by atomic mass is 9.83. The SMILES string of the molecule is CCC1(CC)C[C@H](NC(=O)c2ccc(N3CCOCC3)cc2)c2ccccc2O1. The highest BCUT2D eigenvalue weighted by molar-refractivity contribution is 5.94. The number of nitrogens with zero attached hydrogens (tertiary/aromatic N) is 1. The lowest BCUT2D eigenvalue weighted by molar-refractivity contribution is 0.0227. The largest absolute Gasteiger partial charge is 0.487 e. The van der Waals surface area contributed by atoms with Crippen molar-refractivity contribution in [1.29, 1.82) is 0 Å². The number of amides is 1. The van der Waals surface area contributed by atoms with E-state index in [1.165, 1.54) is 0 Å².